The summed E-state index contributed by atoms with van der Waals surface area (Å²) in [5.41, 5.74) is 2.48. The quantitative estimate of drug-likeness (QED) is 0.507. The lowest BCUT2D eigenvalue weighted by atomic mass is 10.2. The summed E-state index contributed by atoms with van der Waals surface area (Å²) < 4.78 is 11.5. The van der Waals surface area contributed by atoms with Crippen LogP contribution in [0.5, 0.6) is 11.5 Å². The van der Waals surface area contributed by atoms with Crippen LogP contribution >= 0.6 is 0 Å². The molecule has 3 rings (SSSR count). The molecule has 0 radical (unpaired) electrons. The summed E-state index contributed by atoms with van der Waals surface area (Å²) in [7, 11) is 0. The fourth-order valence-electron chi connectivity index (χ4n) is 2.45. The number of H-pyrrole nitrogens is 1. The van der Waals surface area contributed by atoms with Crippen molar-refractivity contribution in [1.82, 2.24) is 25.6 Å². The van der Waals surface area contributed by atoms with Crippen LogP contribution in [0.4, 0.5) is 0 Å². The van der Waals surface area contributed by atoms with E-state index in [-0.39, 0.29) is 0 Å². The monoisotopic (exact) mass is 401 g/mol. The molecule has 1 aromatic carbocycles. The molecule has 0 amide bonds. The Kier molecular flexibility index (Phi) is 7.68. The maximum Gasteiger partial charge on any atom is 0.204 e. The van der Waals surface area contributed by atoms with E-state index in [4.69, 9.17) is 9.47 Å². The number of rotatable bonds is 10. The SMILES string of the molecule is C=C(/C=C\C=C\COc1ccc(OCc2cccc(/C=C\C)n2)cc1)c1nn[nH]n1. The number of aromatic amines is 1. The molecule has 0 spiro atoms. The number of nitrogens with one attached hydrogen (secondary N) is 1. The molecule has 0 fully saturated rings. The molecule has 7 nitrogen and oxygen atoms in total. The van der Waals surface area contributed by atoms with E-state index in [2.05, 4.69) is 32.2 Å². The summed E-state index contributed by atoms with van der Waals surface area (Å²) in [6.07, 6.45) is 11.3. The van der Waals surface area contributed by atoms with Crippen LogP contribution in [0.1, 0.15) is 24.1 Å². The summed E-state index contributed by atoms with van der Waals surface area (Å²) >= 11 is 0. The summed E-state index contributed by atoms with van der Waals surface area (Å²) in [4.78, 5) is 4.52. The fourth-order valence-corrected chi connectivity index (χ4v) is 2.45. The van der Waals surface area contributed by atoms with Gasteiger partial charge >= 0.3 is 0 Å². The number of benzene rings is 1. The Morgan fingerprint density at radius 1 is 1.07 bits per heavy atom. The normalized spacial score (nSPS) is 11.5. The predicted octanol–water partition coefficient (Wildman–Crippen LogP) is 4.41. The van der Waals surface area contributed by atoms with Crippen LogP contribution in [0.3, 0.4) is 0 Å². The fraction of sp³-hybridized carbons (Fsp3) is 0.130. The van der Waals surface area contributed by atoms with Gasteiger partial charge in [-0.3, -0.25) is 0 Å². The molecule has 0 atom stereocenters. The van der Waals surface area contributed by atoms with Crippen LogP contribution in [-0.4, -0.2) is 32.2 Å². The van der Waals surface area contributed by atoms with Gasteiger partial charge in [-0.1, -0.05) is 36.9 Å². The first-order chi connectivity index (χ1) is 14.7. The molecule has 0 saturated carbocycles. The zero-order valence-corrected chi connectivity index (χ0v) is 16.7. The first-order valence-corrected chi connectivity index (χ1v) is 9.45. The summed E-state index contributed by atoms with van der Waals surface area (Å²) in [6, 6.07) is 13.4. The Labute approximate surface area is 175 Å². The smallest absolute Gasteiger partial charge is 0.204 e. The van der Waals surface area contributed by atoms with Gasteiger partial charge < -0.3 is 9.47 Å². The second-order valence-corrected chi connectivity index (χ2v) is 6.17. The lowest BCUT2D eigenvalue weighted by Gasteiger charge is -2.08. The largest absolute Gasteiger partial charge is 0.490 e. The molecule has 7 heteroatoms. The Morgan fingerprint density at radius 2 is 1.87 bits per heavy atom. The van der Waals surface area contributed by atoms with Gasteiger partial charge in [-0.15, -0.1) is 10.2 Å². The number of pyridine rings is 1. The second-order valence-electron chi connectivity index (χ2n) is 6.17. The van der Waals surface area contributed by atoms with Crippen molar-refractivity contribution in [2.45, 2.75) is 13.5 Å². The van der Waals surface area contributed by atoms with E-state index in [1.54, 1.807) is 6.08 Å². The lowest BCUT2D eigenvalue weighted by Crippen LogP contribution is -1.99. The second kappa shape index (κ2) is 11.1. The van der Waals surface area contributed by atoms with Crippen molar-refractivity contribution < 1.29 is 9.47 Å². The predicted molar refractivity (Wildman–Crippen MR) is 117 cm³/mol. The minimum Gasteiger partial charge on any atom is -0.490 e. The number of ether oxygens (including phenoxy) is 2. The number of allylic oxidation sites excluding steroid dienone is 5. The third-order valence-corrected chi connectivity index (χ3v) is 3.90. The van der Waals surface area contributed by atoms with E-state index >= 15 is 0 Å². The molecular formula is C23H23N5O2. The van der Waals surface area contributed by atoms with Crippen molar-refractivity contribution >= 4 is 11.6 Å². The van der Waals surface area contributed by atoms with Gasteiger partial charge in [0, 0.05) is 5.57 Å². The summed E-state index contributed by atoms with van der Waals surface area (Å²) in [6.45, 7) is 6.69. The zero-order chi connectivity index (χ0) is 21.0. The van der Waals surface area contributed by atoms with Gasteiger partial charge in [-0.05, 0) is 60.7 Å². The molecule has 0 aliphatic heterocycles. The standard InChI is InChI=1S/C23H23N5O2/c1-3-8-19-10-7-11-20(24-19)17-30-22-14-12-21(13-15-22)29-16-6-4-5-9-18(2)23-25-27-28-26-23/h3-15H,2,16-17H2,1H3,(H,25,26,27,28)/b6-4+,8-3-,9-5-. The first-order valence-electron chi connectivity index (χ1n) is 9.45. The highest BCUT2D eigenvalue weighted by Crippen LogP contribution is 2.18. The highest BCUT2D eigenvalue weighted by Gasteiger charge is 2.00. The molecular weight excluding hydrogens is 378 g/mol. The molecule has 0 bridgehead atoms. The molecule has 2 heterocycles. The van der Waals surface area contributed by atoms with Crippen molar-refractivity contribution in [2.24, 2.45) is 0 Å². The van der Waals surface area contributed by atoms with Gasteiger partial charge in [0.05, 0.1) is 11.4 Å². The molecule has 0 saturated heterocycles. The Morgan fingerprint density at radius 3 is 2.60 bits per heavy atom. The van der Waals surface area contributed by atoms with Gasteiger partial charge in [-0.2, -0.15) is 5.21 Å². The van der Waals surface area contributed by atoms with Crippen LogP contribution < -0.4 is 9.47 Å². The molecule has 1 N–H and O–H groups in total. The minimum absolute atomic E-state index is 0.413. The van der Waals surface area contributed by atoms with E-state index in [0.29, 0.717) is 24.6 Å². The van der Waals surface area contributed by atoms with E-state index < -0.39 is 0 Å². The lowest BCUT2D eigenvalue weighted by molar-refractivity contribution is 0.300. The van der Waals surface area contributed by atoms with Crippen LogP contribution in [-0.2, 0) is 6.61 Å². The van der Waals surface area contributed by atoms with Gasteiger partial charge in [0.1, 0.15) is 24.7 Å². The van der Waals surface area contributed by atoms with Crippen molar-refractivity contribution in [3.8, 4) is 11.5 Å². The van der Waals surface area contributed by atoms with Crippen LogP contribution in [0.2, 0.25) is 0 Å². The number of nitrogens with zero attached hydrogens (tertiary/aromatic N) is 4. The van der Waals surface area contributed by atoms with Crippen molar-refractivity contribution in [3.05, 3.63) is 96.6 Å². The Bertz CT molecular complexity index is 1020. The number of tetrazole rings is 1. The maximum absolute atomic E-state index is 5.80. The first kappa shape index (κ1) is 20.7. The Hall–Kier alpha value is -4.00. The van der Waals surface area contributed by atoms with Crippen LogP contribution in [0.15, 0.2) is 79.4 Å². The van der Waals surface area contributed by atoms with Crippen LogP contribution in [0.25, 0.3) is 11.6 Å². The zero-order valence-electron chi connectivity index (χ0n) is 16.7. The van der Waals surface area contributed by atoms with Crippen molar-refractivity contribution in [3.63, 3.8) is 0 Å². The average Bonchev–Trinajstić information content (AvgIpc) is 3.31. The van der Waals surface area contributed by atoms with Crippen molar-refractivity contribution in [1.29, 1.82) is 0 Å². The highest BCUT2D eigenvalue weighted by molar-refractivity contribution is 5.66. The summed E-state index contributed by atoms with van der Waals surface area (Å²) in [5.74, 6) is 2.00. The molecule has 30 heavy (non-hydrogen) atoms. The number of hydrogen-bond donors (Lipinski definition) is 1. The molecule has 0 unspecified atom stereocenters. The molecule has 0 aliphatic rings. The van der Waals surface area contributed by atoms with Gasteiger partial charge in [-0.25, -0.2) is 4.98 Å². The Balaban J connectivity index is 1.41. The number of hydrogen-bond acceptors (Lipinski definition) is 6. The molecule has 2 aromatic heterocycles. The van der Waals surface area contributed by atoms with Crippen LogP contribution in [0, 0.1) is 0 Å². The van der Waals surface area contributed by atoms with Gasteiger partial charge in [0.25, 0.3) is 0 Å². The van der Waals surface area contributed by atoms with E-state index in [0.717, 1.165) is 22.9 Å². The third-order valence-electron chi connectivity index (χ3n) is 3.90. The summed E-state index contributed by atoms with van der Waals surface area (Å²) in [5, 5.41) is 13.6. The minimum atomic E-state index is 0.413. The third kappa shape index (κ3) is 6.56. The van der Waals surface area contributed by atoms with E-state index in [1.807, 2.05) is 79.8 Å². The van der Waals surface area contributed by atoms with E-state index in [1.165, 1.54) is 0 Å². The number of aromatic nitrogens is 5. The maximum atomic E-state index is 5.80. The van der Waals surface area contributed by atoms with Gasteiger partial charge in [0.15, 0.2) is 0 Å². The molecule has 3 aromatic rings. The average molecular weight is 401 g/mol. The molecule has 0 aliphatic carbocycles. The van der Waals surface area contributed by atoms with Gasteiger partial charge in [0.2, 0.25) is 5.82 Å². The highest BCUT2D eigenvalue weighted by atomic mass is 16.5. The molecule has 152 valence electrons. The van der Waals surface area contributed by atoms with Crippen molar-refractivity contribution in [2.75, 3.05) is 6.61 Å². The van der Waals surface area contributed by atoms with E-state index in [9.17, 15) is 0 Å². The topological polar surface area (TPSA) is 85.8 Å².